The van der Waals surface area contributed by atoms with Gasteiger partial charge in [0.15, 0.2) is 0 Å². The molecule has 0 aliphatic rings. The summed E-state index contributed by atoms with van der Waals surface area (Å²) in [6.45, 7) is 3.30. The molecule has 0 saturated heterocycles. The van der Waals surface area contributed by atoms with E-state index in [-0.39, 0.29) is 25.1 Å². The van der Waals surface area contributed by atoms with Gasteiger partial charge in [0.2, 0.25) is 5.91 Å². The second-order valence-corrected chi connectivity index (χ2v) is 5.65. The van der Waals surface area contributed by atoms with Crippen LogP contribution in [0.3, 0.4) is 0 Å². The smallest absolute Gasteiger partial charge is 0.234 e. The van der Waals surface area contributed by atoms with Gasteiger partial charge < -0.3 is 14.8 Å². The number of thiophene rings is 1. The lowest BCUT2D eigenvalue weighted by Crippen LogP contribution is -2.39. The number of aliphatic hydroxyl groups excluding tert-OH is 1. The van der Waals surface area contributed by atoms with Gasteiger partial charge in [-0.2, -0.15) is 11.3 Å². The molecule has 21 heavy (non-hydrogen) atoms. The van der Waals surface area contributed by atoms with E-state index in [4.69, 9.17) is 9.52 Å². The Morgan fingerprint density at radius 3 is 3.00 bits per heavy atom. The number of carbonyl (C=O) groups excluding carboxylic acids is 1. The van der Waals surface area contributed by atoms with Crippen molar-refractivity contribution >= 4 is 17.2 Å². The minimum Gasteiger partial charge on any atom is -0.467 e. The van der Waals surface area contributed by atoms with Gasteiger partial charge in [0, 0.05) is 13.1 Å². The molecular weight excluding hydrogens is 288 g/mol. The standard InChI is InChI=1S/C15H20N2O3S/c1-12(14-3-2-7-20-14)16-15(19)10-17(5-6-18)9-13-4-8-21-11-13/h2-4,7-8,11-12,18H,5-6,9-10H2,1H3,(H,16,19)/t12-/m0/s1. The number of carbonyl (C=O) groups is 1. The van der Waals surface area contributed by atoms with E-state index in [0.717, 1.165) is 11.3 Å². The highest BCUT2D eigenvalue weighted by atomic mass is 32.1. The molecule has 1 amide bonds. The SMILES string of the molecule is C[C@H](NC(=O)CN(CCO)Cc1ccsc1)c1ccco1. The Morgan fingerprint density at radius 1 is 1.52 bits per heavy atom. The molecule has 0 radical (unpaired) electrons. The molecule has 0 aliphatic carbocycles. The zero-order chi connectivity index (χ0) is 15.1. The van der Waals surface area contributed by atoms with Gasteiger partial charge in [0.25, 0.3) is 0 Å². The molecule has 2 aromatic heterocycles. The summed E-state index contributed by atoms with van der Waals surface area (Å²) in [5.41, 5.74) is 1.15. The van der Waals surface area contributed by atoms with Crippen LogP contribution in [0.5, 0.6) is 0 Å². The Hall–Kier alpha value is -1.63. The van der Waals surface area contributed by atoms with Crippen molar-refractivity contribution in [3.8, 4) is 0 Å². The molecule has 0 spiro atoms. The van der Waals surface area contributed by atoms with E-state index in [0.29, 0.717) is 13.1 Å². The molecule has 0 bridgehead atoms. The van der Waals surface area contributed by atoms with Crippen LogP contribution in [0.15, 0.2) is 39.6 Å². The molecule has 6 heteroatoms. The van der Waals surface area contributed by atoms with E-state index in [1.54, 1.807) is 23.7 Å². The largest absolute Gasteiger partial charge is 0.467 e. The highest BCUT2D eigenvalue weighted by Crippen LogP contribution is 2.12. The predicted molar refractivity (Wildman–Crippen MR) is 81.9 cm³/mol. The van der Waals surface area contributed by atoms with Crippen molar-refractivity contribution in [2.45, 2.75) is 19.5 Å². The fourth-order valence-corrected chi connectivity index (χ4v) is 2.76. The third-order valence-electron chi connectivity index (χ3n) is 3.12. The van der Waals surface area contributed by atoms with Crippen LogP contribution in [0.4, 0.5) is 0 Å². The molecule has 0 unspecified atom stereocenters. The Bertz CT molecular complexity index is 525. The van der Waals surface area contributed by atoms with E-state index in [9.17, 15) is 4.79 Å². The Morgan fingerprint density at radius 2 is 2.38 bits per heavy atom. The van der Waals surface area contributed by atoms with Crippen LogP contribution in [0, 0.1) is 0 Å². The topological polar surface area (TPSA) is 65.7 Å². The van der Waals surface area contributed by atoms with Crippen LogP contribution in [0.1, 0.15) is 24.3 Å². The van der Waals surface area contributed by atoms with Crippen molar-refractivity contribution in [3.05, 3.63) is 46.5 Å². The van der Waals surface area contributed by atoms with E-state index < -0.39 is 0 Å². The zero-order valence-electron chi connectivity index (χ0n) is 12.0. The second-order valence-electron chi connectivity index (χ2n) is 4.87. The Kier molecular flexibility index (Phi) is 5.98. The normalized spacial score (nSPS) is 12.5. The van der Waals surface area contributed by atoms with Gasteiger partial charge in [-0.3, -0.25) is 9.69 Å². The Labute approximate surface area is 128 Å². The van der Waals surface area contributed by atoms with Gasteiger partial charge in [0.1, 0.15) is 5.76 Å². The van der Waals surface area contributed by atoms with E-state index in [2.05, 4.69) is 5.32 Å². The molecule has 0 aromatic carbocycles. The first-order chi connectivity index (χ1) is 10.2. The summed E-state index contributed by atoms with van der Waals surface area (Å²) in [5, 5.41) is 16.1. The van der Waals surface area contributed by atoms with Gasteiger partial charge in [-0.15, -0.1) is 0 Å². The van der Waals surface area contributed by atoms with Crippen LogP contribution in [-0.2, 0) is 11.3 Å². The van der Waals surface area contributed by atoms with Gasteiger partial charge in [0.05, 0.1) is 25.5 Å². The minimum absolute atomic E-state index is 0.0329. The van der Waals surface area contributed by atoms with Gasteiger partial charge in [-0.05, 0) is 41.4 Å². The number of amides is 1. The number of hydrogen-bond acceptors (Lipinski definition) is 5. The number of aliphatic hydroxyl groups is 1. The molecule has 114 valence electrons. The number of rotatable bonds is 8. The fourth-order valence-electron chi connectivity index (χ4n) is 2.10. The first-order valence-electron chi connectivity index (χ1n) is 6.86. The summed E-state index contributed by atoms with van der Waals surface area (Å²) in [6, 6.07) is 5.50. The lowest BCUT2D eigenvalue weighted by molar-refractivity contribution is -0.123. The van der Waals surface area contributed by atoms with Crippen LogP contribution < -0.4 is 5.32 Å². The predicted octanol–water partition coefficient (Wildman–Crippen LogP) is 2.01. The second kappa shape index (κ2) is 7.97. The Balaban J connectivity index is 1.85. The lowest BCUT2D eigenvalue weighted by atomic mass is 10.2. The fraction of sp³-hybridized carbons (Fsp3) is 0.400. The van der Waals surface area contributed by atoms with Crippen LogP contribution in [-0.4, -0.2) is 35.6 Å². The highest BCUT2D eigenvalue weighted by molar-refractivity contribution is 7.07. The number of nitrogens with zero attached hydrogens (tertiary/aromatic N) is 1. The van der Waals surface area contributed by atoms with Crippen molar-refractivity contribution in [2.24, 2.45) is 0 Å². The third kappa shape index (κ3) is 5.00. The molecule has 0 aliphatic heterocycles. The first kappa shape index (κ1) is 15.8. The zero-order valence-corrected chi connectivity index (χ0v) is 12.8. The average Bonchev–Trinajstić information content (AvgIpc) is 3.11. The lowest BCUT2D eigenvalue weighted by Gasteiger charge is -2.21. The van der Waals surface area contributed by atoms with Crippen LogP contribution >= 0.6 is 11.3 Å². The quantitative estimate of drug-likeness (QED) is 0.783. The number of nitrogens with one attached hydrogen (secondary N) is 1. The van der Waals surface area contributed by atoms with E-state index >= 15 is 0 Å². The summed E-state index contributed by atoms with van der Waals surface area (Å²) in [4.78, 5) is 14.0. The summed E-state index contributed by atoms with van der Waals surface area (Å²) in [5.74, 6) is 0.650. The maximum absolute atomic E-state index is 12.1. The summed E-state index contributed by atoms with van der Waals surface area (Å²) in [6.07, 6.45) is 1.59. The monoisotopic (exact) mass is 308 g/mol. The molecule has 1 atom stereocenters. The molecule has 0 saturated carbocycles. The summed E-state index contributed by atoms with van der Waals surface area (Å²) in [7, 11) is 0. The van der Waals surface area contributed by atoms with Gasteiger partial charge >= 0.3 is 0 Å². The summed E-state index contributed by atoms with van der Waals surface area (Å²) >= 11 is 1.63. The number of hydrogen-bond donors (Lipinski definition) is 2. The molecule has 2 N–H and O–H groups in total. The van der Waals surface area contributed by atoms with Crippen molar-refractivity contribution in [2.75, 3.05) is 19.7 Å². The molecule has 0 fully saturated rings. The minimum atomic E-state index is -0.162. The van der Waals surface area contributed by atoms with E-state index in [1.165, 1.54) is 0 Å². The highest BCUT2D eigenvalue weighted by Gasteiger charge is 2.15. The van der Waals surface area contributed by atoms with Crippen molar-refractivity contribution < 1.29 is 14.3 Å². The van der Waals surface area contributed by atoms with Crippen molar-refractivity contribution in [1.29, 1.82) is 0 Å². The first-order valence-corrected chi connectivity index (χ1v) is 7.80. The van der Waals surface area contributed by atoms with Crippen molar-refractivity contribution in [1.82, 2.24) is 10.2 Å². The number of furan rings is 1. The van der Waals surface area contributed by atoms with Crippen LogP contribution in [0.25, 0.3) is 0 Å². The van der Waals surface area contributed by atoms with E-state index in [1.807, 2.05) is 34.7 Å². The molecule has 2 aromatic rings. The van der Waals surface area contributed by atoms with Gasteiger partial charge in [-0.25, -0.2) is 0 Å². The van der Waals surface area contributed by atoms with Gasteiger partial charge in [-0.1, -0.05) is 0 Å². The molecule has 5 nitrogen and oxygen atoms in total. The van der Waals surface area contributed by atoms with Crippen molar-refractivity contribution in [3.63, 3.8) is 0 Å². The maximum Gasteiger partial charge on any atom is 0.234 e. The summed E-state index contributed by atoms with van der Waals surface area (Å²) < 4.78 is 5.27. The molecular formula is C15H20N2O3S. The third-order valence-corrected chi connectivity index (χ3v) is 3.85. The molecule has 2 heterocycles. The average molecular weight is 308 g/mol. The maximum atomic E-state index is 12.1. The van der Waals surface area contributed by atoms with Crippen LogP contribution in [0.2, 0.25) is 0 Å². The molecule has 2 rings (SSSR count).